The SMILES string of the molecule is O=C(NS(=O)(=O)C1CC1)c1ccc(OC2CCC3(CCNCC3)C2)cc1. The van der Waals surface area contributed by atoms with E-state index in [-0.39, 0.29) is 6.10 Å². The van der Waals surface area contributed by atoms with Crippen molar-refractivity contribution in [2.45, 2.75) is 56.3 Å². The smallest absolute Gasteiger partial charge is 0.264 e. The first-order chi connectivity index (χ1) is 12.5. The molecule has 1 atom stereocenters. The van der Waals surface area contributed by atoms with Gasteiger partial charge in [0.1, 0.15) is 5.75 Å². The van der Waals surface area contributed by atoms with Crippen LogP contribution in [0.3, 0.4) is 0 Å². The Balaban J connectivity index is 1.34. The van der Waals surface area contributed by atoms with Crippen LogP contribution < -0.4 is 14.8 Å². The van der Waals surface area contributed by atoms with Crippen molar-refractivity contribution in [2.75, 3.05) is 13.1 Å². The van der Waals surface area contributed by atoms with Crippen LogP contribution in [0.15, 0.2) is 24.3 Å². The molecular weight excluding hydrogens is 352 g/mol. The van der Waals surface area contributed by atoms with E-state index in [0.717, 1.165) is 31.7 Å². The zero-order chi connectivity index (χ0) is 18.2. The van der Waals surface area contributed by atoms with Crippen LogP contribution in [0.4, 0.5) is 0 Å². The monoisotopic (exact) mass is 378 g/mol. The van der Waals surface area contributed by atoms with Crippen LogP contribution in [-0.2, 0) is 10.0 Å². The lowest BCUT2D eigenvalue weighted by atomic mass is 9.77. The lowest BCUT2D eigenvalue weighted by Crippen LogP contribution is -2.35. The van der Waals surface area contributed by atoms with E-state index in [1.165, 1.54) is 19.3 Å². The summed E-state index contributed by atoms with van der Waals surface area (Å²) in [5.41, 5.74) is 0.773. The number of hydrogen-bond acceptors (Lipinski definition) is 5. The maximum absolute atomic E-state index is 12.1. The number of sulfonamides is 1. The second kappa shape index (κ2) is 6.85. The molecule has 7 heteroatoms. The van der Waals surface area contributed by atoms with Crippen molar-refractivity contribution in [2.24, 2.45) is 5.41 Å². The number of benzene rings is 1. The number of hydrogen-bond donors (Lipinski definition) is 2. The molecule has 4 rings (SSSR count). The van der Waals surface area contributed by atoms with Gasteiger partial charge in [-0.3, -0.25) is 4.79 Å². The molecule has 1 aliphatic heterocycles. The Morgan fingerprint density at radius 3 is 2.42 bits per heavy atom. The summed E-state index contributed by atoms with van der Waals surface area (Å²) in [6.07, 6.45) is 7.33. The number of nitrogens with one attached hydrogen (secondary N) is 2. The van der Waals surface area contributed by atoms with Gasteiger partial charge >= 0.3 is 0 Å². The Bertz CT molecular complexity index is 765. The highest BCUT2D eigenvalue weighted by molar-refractivity contribution is 7.91. The minimum Gasteiger partial charge on any atom is -0.490 e. The van der Waals surface area contributed by atoms with Gasteiger partial charge in [-0.1, -0.05) is 0 Å². The minimum atomic E-state index is -3.52. The summed E-state index contributed by atoms with van der Waals surface area (Å²) in [6.45, 7) is 2.20. The first-order valence-corrected chi connectivity index (χ1v) is 11.0. The predicted octanol–water partition coefficient (Wildman–Crippen LogP) is 2.21. The van der Waals surface area contributed by atoms with Gasteiger partial charge in [-0.15, -0.1) is 0 Å². The highest BCUT2D eigenvalue weighted by atomic mass is 32.2. The van der Waals surface area contributed by atoms with E-state index < -0.39 is 21.2 Å². The molecule has 1 saturated heterocycles. The molecule has 0 radical (unpaired) electrons. The first kappa shape index (κ1) is 17.8. The largest absolute Gasteiger partial charge is 0.490 e. The molecule has 1 aromatic carbocycles. The van der Waals surface area contributed by atoms with E-state index in [9.17, 15) is 13.2 Å². The quantitative estimate of drug-likeness (QED) is 0.821. The summed E-state index contributed by atoms with van der Waals surface area (Å²) < 4.78 is 32.0. The first-order valence-electron chi connectivity index (χ1n) is 9.49. The van der Waals surface area contributed by atoms with E-state index >= 15 is 0 Å². The molecule has 2 saturated carbocycles. The summed E-state index contributed by atoms with van der Waals surface area (Å²) >= 11 is 0. The zero-order valence-corrected chi connectivity index (χ0v) is 15.7. The fourth-order valence-corrected chi connectivity index (χ4v) is 5.49. The molecule has 1 amide bonds. The molecule has 142 valence electrons. The Morgan fingerprint density at radius 2 is 1.77 bits per heavy atom. The van der Waals surface area contributed by atoms with E-state index in [0.29, 0.717) is 23.8 Å². The van der Waals surface area contributed by atoms with Crippen molar-refractivity contribution < 1.29 is 17.9 Å². The number of carbonyl (C=O) groups excluding carboxylic acids is 1. The van der Waals surface area contributed by atoms with Crippen molar-refractivity contribution in [3.8, 4) is 5.75 Å². The lowest BCUT2D eigenvalue weighted by molar-refractivity contribution is 0.0981. The number of rotatable bonds is 5. The molecular formula is C19H26N2O4S. The molecule has 0 aromatic heterocycles. The Labute approximate surface area is 154 Å². The number of ether oxygens (including phenoxy) is 1. The van der Waals surface area contributed by atoms with Crippen LogP contribution in [0.25, 0.3) is 0 Å². The lowest BCUT2D eigenvalue weighted by Gasteiger charge is -2.33. The number of carbonyl (C=O) groups is 1. The fourth-order valence-electron chi connectivity index (χ4n) is 4.19. The molecule has 2 N–H and O–H groups in total. The fraction of sp³-hybridized carbons (Fsp3) is 0.632. The molecule has 6 nitrogen and oxygen atoms in total. The highest BCUT2D eigenvalue weighted by Gasteiger charge is 2.40. The van der Waals surface area contributed by atoms with Gasteiger partial charge in [-0.2, -0.15) is 0 Å². The summed E-state index contributed by atoms with van der Waals surface area (Å²) in [5, 5.41) is 3.02. The van der Waals surface area contributed by atoms with E-state index in [1.54, 1.807) is 24.3 Å². The molecule has 2 aliphatic carbocycles. The number of amides is 1. The molecule has 0 bridgehead atoms. The topological polar surface area (TPSA) is 84.5 Å². The maximum atomic E-state index is 12.1. The average molecular weight is 378 g/mol. The van der Waals surface area contributed by atoms with Crippen molar-refractivity contribution in [1.82, 2.24) is 10.0 Å². The summed E-state index contributed by atoms with van der Waals surface area (Å²) in [6, 6.07) is 6.77. The van der Waals surface area contributed by atoms with Crippen LogP contribution in [0.5, 0.6) is 5.75 Å². The van der Waals surface area contributed by atoms with Crippen LogP contribution in [-0.4, -0.2) is 38.8 Å². The zero-order valence-electron chi connectivity index (χ0n) is 14.9. The molecule has 3 fully saturated rings. The summed E-state index contributed by atoms with van der Waals surface area (Å²) in [5.74, 6) is 0.167. The number of piperidine rings is 1. The molecule has 3 aliphatic rings. The van der Waals surface area contributed by atoms with E-state index in [1.807, 2.05) is 0 Å². The van der Waals surface area contributed by atoms with E-state index in [2.05, 4.69) is 10.0 Å². The van der Waals surface area contributed by atoms with Crippen LogP contribution in [0.1, 0.15) is 55.3 Å². The van der Waals surface area contributed by atoms with Gasteiger partial charge in [0.2, 0.25) is 10.0 Å². The second-order valence-corrected chi connectivity index (χ2v) is 9.89. The van der Waals surface area contributed by atoms with Gasteiger partial charge in [0.15, 0.2) is 0 Å². The van der Waals surface area contributed by atoms with Gasteiger partial charge in [0, 0.05) is 5.56 Å². The normalized spacial score (nSPS) is 25.2. The maximum Gasteiger partial charge on any atom is 0.264 e. The Hall–Kier alpha value is -1.60. The van der Waals surface area contributed by atoms with Crippen LogP contribution in [0, 0.1) is 5.41 Å². The van der Waals surface area contributed by atoms with Gasteiger partial charge in [0.05, 0.1) is 11.4 Å². The van der Waals surface area contributed by atoms with Crippen LogP contribution in [0.2, 0.25) is 0 Å². The molecule has 1 unspecified atom stereocenters. The molecule has 1 aromatic rings. The van der Waals surface area contributed by atoms with Gasteiger partial charge in [-0.25, -0.2) is 13.1 Å². The van der Waals surface area contributed by atoms with E-state index in [4.69, 9.17) is 4.74 Å². The van der Waals surface area contributed by atoms with Gasteiger partial charge in [0.25, 0.3) is 5.91 Å². The minimum absolute atomic E-state index is 0.225. The Morgan fingerprint density at radius 1 is 1.08 bits per heavy atom. The third kappa shape index (κ3) is 3.88. The molecule has 1 spiro atoms. The third-order valence-electron chi connectivity index (χ3n) is 5.94. The van der Waals surface area contributed by atoms with Crippen molar-refractivity contribution >= 4 is 15.9 Å². The van der Waals surface area contributed by atoms with Crippen LogP contribution >= 0.6 is 0 Å². The van der Waals surface area contributed by atoms with Crippen molar-refractivity contribution in [3.05, 3.63) is 29.8 Å². The summed E-state index contributed by atoms with van der Waals surface area (Å²) in [7, 11) is -3.52. The van der Waals surface area contributed by atoms with Crippen molar-refractivity contribution in [3.63, 3.8) is 0 Å². The molecule has 26 heavy (non-hydrogen) atoms. The van der Waals surface area contributed by atoms with Crippen molar-refractivity contribution in [1.29, 1.82) is 0 Å². The predicted molar refractivity (Wildman–Crippen MR) is 98.7 cm³/mol. The molecule has 1 heterocycles. The Kier molecular flexibility index (Phi) is 4.69. The third-order valence-corrected chi connectivity index (χ3v) is 7.76. The van der Waals surface area contributed by atoms with Gasteiger partial charge in [-0.05, 0) is 87.7 Å². The standard InChI is InChI=1S/C19H26N2O4S/c22-18(21-26(23,24)17-5-6-17)14-1-3-15(4-2-14)25-16-7-8-19(13-16)9-11-20-12-10-19/h1-4,16-17,20H,5-13H2,(H,21,22). The highest BCUT2D eigenvalue weighted by Crippen LogP contribution is 2.46. The second-order valence-electron chi connectivity index (χ2n) is 7.93. The van der Waals surface area contributed by atoms with Gasteiger partial charge < -0.3 is 10.1 Å². The summed E-state index contributed by atoms with van der Waals surface area (Å²) in [4.78, 5) is 12.1. The average Bonchev–Trinajstić information content (AvgIpc) is 3.42.